The molecule has 1 aromatic rings. The first-order valence-corrected chi connectivity index (χ1v) is 6.69. The van der Waals surface area contributed by atoms with E-state index in [9.17, 15) is 0 Å². The fraction of sp³-hybridized carbons (Fsp3) is 0.571. The minimum atomic E-state index is 0.141. The van der Waals surface area contributed by atoms with E-state index in [4.69, 9.17) is 21.1 Å². The quantitative estimate of drug-likeness (QED) is 0.785. The molecule has 4 heteroatoms. The topological polar surface area (TPSA) is 21.7 Å². The van der Waals surface area contributed by atoms with Gasteiger partial charge in [0.25, 0.3) is 0 Å². The number of aryl methyl sites for hydroxylation is 1. The second kappa shape index (κ2) is 5.91. The third kappa shape index (κ3) is 2.63. The van der Waals surface area contributed by atoms with Gasteiger partial charge in [-0.1, -0.05) is 12.1 Å². The van der Waals surface area contributed by atoms with E-state index >= 15 is 0 Å². The number of ether oxygens (including phenoxy) is 2. The highest BCUT2D eigenvalue weighted by Crippen LogP contribution is 2.27. The Hall–Kier alpha value is -0.770. The van der Waals surface area contributed by atoms with Crippen molar-refractivity contribution in [1.82, 2.24) is 0 Å². The summed E-state index contributed by atoms with van der Waals surface area (Å²) in [5, 5.41) is 0. The second-order valence-electron chi connectivity index (χ2n) is 4.71. The Kier molecular flexibility index (Phi) is 4.49. The summed E-state index contributed by atoms with van der Waals surface area (Å²) in [5.74, 6) is 0.558. The van der Waals surface area contributed by atoms with E-state index in [0.717, 1.165) is 18.7 Å². The maximum Gasteiger partial charge on any atom is 0.102 e. The standard InChI is InChI=1S/C14H20ClNO2/c1-10-6-11(7-15)4-5-12(10)16-8-13(17-2)14(9-16)18-3/h4-6,13-14H,7-9H2,1-3H3. The van der Waals surface area contributed by atoms with Gasteiger partial charge in [0, 0.05) is 38.9 Å². The number of halogens is 1. The number of hydrogen-bond acceptors (Lipinski definition) is 3. The highest BCUT2D eigenvalue weighted by Gasteiger charge is 2.33. The summed E-state index contributed by atoms with van der Waals surface area (Å²) >= 11 is 5.85. The van der Waals surface area contributed by atoms with Crippen LogP contribution < -0.4 is 4.90 Å². The molecule has 2 rings (SSSR count). The maximum absolute atomic E-state index is 5.85. The van der Waals surface area contributed by atoms with Crippen LogP contribution in [0.15, 0.2) is 18.2 Å². The Morgan fingerprint density at radius 2 is 1.83 bits per heavy atom. The molecule has 1 aliphatic rings. The monoisotopic (exact) mass is 269 g/mol. The normalized spacial score (nSPS) is 23.7. The molecule has 1 aromatic carbocycles. The molecule has 1 fully saturated rings. The lowest BCUT2D eigenvalue weighted by atomic mass is 10.1. The summed E-state index contributed by atoms with van der Waals surface area (Å²) in [6.07, 6.45) is 0.282. The first kappa shape index (κ1) is 13.7. The molecule has 0 radical (unpaired) electrons. The van der Waals surface area contributed by atoms with Gasteiger partial charge in [-0.25, -0.2) is 0 Å². The fourth-order valence-electron chi connectivity index (χ4n) is 2.55. The first-order valence-electron chi connectivity index (χ1n) is 6.15. The van der Waals surface area contributed by atoms with Gasteiger partial charge in [0.1, 0.15) is 12.2 Å². The minimum Gasteiger partial charge on any atom is -0.377 e. The van der Waals surface area contributed by atoms with Crippen LogP contribution in [0, 0.1) is 6.92 Å². The van der Waals surface area contributed by atoms with E-state index in [1.165, 1.54) is 11.3 Å². The summed E-state index contributed by atoms with van der Waals surface area (Å²) in [5.41, 5.74) is 3.65. The van der Waals surface area contributed by atoms with Crippen LogP contribution >= 0.6 is 11.6 Å². The lowest BCUT2D eigenvalue weighted by Gasteiger charge is -2.21. The smallest absolute Gasteiger partial charge is 0.102 e. The van der Waals surface area contributed by atoms with Crippen molar-refractivity contribution in [2.75, 3.05) is 32.2 Å². The van der Waals surface area contributed by atoms with E-state index in [0.29, 0.717) is 5.88 Å². The summed E-state index contributed by atoms with van der Waals surface area (Å²) in [6, 6.07) is 6.36. The number of anilines is 1. The predicted molar refractivity (Wildman–Crippen MR) is 74.5 cm³/mol. The van der Waals surface area contributed by atoms with Crippen molar-refractivity contribution < 1.29 is 9.47 Å². The molecule has 18 heavy (non-hydrogen) atoms. The molecule has 1 heterocycles. The molecule has 0 aromatic heterocycles. The zero-order chi connectivity index (χ0) is 13.1. The Labute approximate surface area is 114 Å². The summed E-state index contributed by atoms with van der Waals surface area (Å²) in [4.78, 5) is 2.32. The van der Waals surface area contributed by atoms with Crippen molar-refractivity contribution in [1.29, 1.82) is 0 Å². The van der Waals surface area contributed by atoms with E-state index < -0.39 is 0 Å². The fourth-order valence-corrected chi connectivity index (χ4v) is 2.72. The highest BCUT2D eigenvalue weighted by atomic mass is 35.5. The van der Waals surface area contributed by atoms with Crippen LogP contribution in [0.5, 0.6) is 0 Å². The molecule has 2 atom stereocenters. The average molecular weight is 270 g/mol. The number of alkyl halides is 1. The first-order chi connectivity index (χ1) is 8.69. The molecule has 2 unspecified atom stereocenters. The number of rotatable bonds is 4. The zero-order valence-corrected chi connectivity index (χ0v) is 11.9. The summed E-state index contributed by atoms with van der Waals surface area (Å²) in [7, 11) is 3.48. The van der Waals surface area contributed by atoms with E-state index in [1.54, 1.807) is 14.2 Å². The average Bonchev–Trinajstić information content (AvgIpc) is 2.81. The minimum absolute atomic E-state index is 0.141. The molecule has 3 nitrogen and oxygen atoms in total. The molecule has 0 saturated carbocycles. The Morgan fingerprint density at radius 1 is 1.22 bits per heavy atom. The third-order valence-electron chi connectivity index (χ3n) is 3.58. The largest absolute Gasteiger partial charge is 0.377 e. The van der Waals surface area contributed by atoms with Crippen LogP contribution in [0.1, 0.15) is 11.1 Å². The van der Waals surface area contributed by atoms with Gasteiger partial charge in [-0.2, -0.15) is 0 Å². The SMILES string of the molecule is COC1CN(c2ccc(CCl)cc2C)CC1OC. The van der Waals surface area contributed by atoms with Crippen LogP contribution in [0.3, 0.4) is 0 Å². The Morgan fingerprint density at radius 3 is 2.28 bits per heavy atom. The van der Waals surface area contributed by atoms with Crippen LogP contribution in [-0.2, 0) is 15.4 Å². The third-order valence-corrected chi connectivity index (χ3v) is 3.89. The van der Waals surface area contributed by atoms with Gasteiger partial charge in [0.2, 0.25) is 0 Å². The van der Waals surface area contributed by atoms with Crippen molar-refractivity contribution in [3.8, 4) is 0 Å². The maximum atomic E-state index is 5.85. The summed E-state index contributed by atoms with van der Waals surface area (Å²) < 4.78 is 10.9. The molecule has 1 aliphatic heterocycles. The number of hydrogen-bond donors (Lipinski definition) is 0. The van der Waals surface area contributed by atoms with Gasteiger partial charge < -0.3 is 14.4 Å². The summed E-state index contributed by atoms with van der Waals surface area (Å²) in [6.45, 7) is 3.86. The van der Waals surface area contributed by atoms with Crippen molar-refractivity contribution in [2.45, 2.75) is 25.0 Å². The molecule has 1 saturated heterocycles. The van der Waals surface area contributed by atoms with E-state index in [2.05, 4.69) is 30.0 Å². The van der Waals surface area contributed by atoms with Crippen molar-refractivity contribution in [2.24, 2.45) is 0 Å². The molecule has 0 spiro atoms. The Balaban J connectivity index is 2.18. The van der Waals surface area contributed by atoms with E-state index in [-0.39, 0.29) is 12.2 Å². The molecule has 0 N–H and O–H groups in total. The van der Waals surface area contributed by atoms with Gasteiger partial charge in [-0.05, 0) is 24.1 Å². The van der Waals surface area contributed by atoms with Gasteiger partial charge in [0.05, 0.1) is 0 Å². The van der Waals surface area contributed by atoms with Crippen molar-refractivity contribution >= 4 is 17.3 Å². The van der Waals surface area contributed by atoms with Crippen molar-refractivity contribution in [3.05, 3.63) is 29.3 Å². The number of benzene rings is 1. The molecular formula is C14H20ClNO2. The predicted octanol–water partition coefficient (Wildman–Crippen LogP) is 2.58. The van der Waals surface area contributed by atoms with E-state index in [1.807, 2.05) is 0 Å². The second-order valence-corrected chi connectivity index (χ2v) is 4.98. The zero-order valence-electron chi connectivity index (χ0n) is 11.1. The number of methoxy groups -OCH3 is 2. The molecule has 0 aliphatic carbocycles. The van der Waals surface area contributed by atoms with Crippen LogP contribution in [0.2, 0.25) is 0 Å². The van der Waals surface area contributed by atoms with Gasteiger partial charge in [-0.15, -0.1) is 11.6 Å². The molecule has 100 valence electrons. The molecular weight excluding hydrogens is 250 g/mol. The van der Waals surface area contributed by atoms with Crippen LogP contribution in [0.25, 0.3) is 0 Å². The van der Waals surface area contributed by atoms with Crippen LogP contribution in [-0.4, -0.2) is 39.5 Å². The van der Waals surface area contributed by atoms with Gasteiger partial charge in [-0.3, -0.25) is 0 Å². The highest BCUT2D eigenvalue weighted by molar-refractivity contribution is 6.17. The number of nitrogens with zero attached hydrogens (tertiary/aromatic N) is 1. The van der Waals surface area contributed by atoms with Crippen molar-refractivity contribution in [3.63, 3.8) is 0 Å². The lowest BCUT2D eigenvalue weighted by molar-refractivity contribution is -0.00461. The lowest BCUT2D eigenvalue weighted by Crippen LogP contribution is -2.27. The molecule has 0 amide bonds. The Bertz CT molecular complexity index is 399. The van der Waals surface area contributed by atoms with Gasteiger partial charge in [0.15, 0.2) is 0 Å². The molecule has 0 bridgehead atoms. The van der Waals surface area contributed by atoms with Crippen LogP contribution in [0.4, 0.5) is 5.69 Å². The van der Waals surface area contributed by atoms with Gasteiger partial charge >= 0.3 is 0 Å².